The smallest absolute Gasteiger partial charge is 0.0116 e. The molecule has 134 valence electrons. The third kappa shape index (κ3) is 13.2. The van der Waals surface area contributed by atoms with E-state index >= 15 is 0 Å². The second kappa shape index (κ2) is 18.5. The zero-order valence-corrected chi connectivity index (χ0v) is 17.6. The van der Waals surface area contributed by atoms with Crippen molar-refractivity contribution in [2.24, 2.45) is 11.3 Å². The Morgan fingerprint density at radius 2 is 1.64 bits per heavy atom. The third-order valence-electron chi connectivity index (χ3n) is 4.12. The van der Waals surface area contributed by atoms with Gasteiger partial charge in [0.2, 0.25) is 0 Å². The highest BCUT2D eigenvalue weighted by molar-refractivity contribution is 5.17. The number of unbranched alkanes of at least 4 members (excludes halogenated alkanes) is 1. The van der Waals surface area contributed by atoms with Crippen LogP contribution in [0, 0.1) is 11.3 Å². The van der Waals surface area contributed by atoms with Gasteiger partial charge in [-0.1, -0.05) is 98.5 Å². The molecule has 0 radical (unpaired) electrons. The molecule has 0 N–H and O–H groups in total. The van der Waals surface area contributed by atoms with Crippen LogP contribution in [0.1, 0.15) is 108 Å². The van der Waals surface area contributed by atoms with Crippen LogP contribution in [0.2, 0.25) is 0 Å². The van der Waals surface area contributed by atoms with Crippen molar-refractivity contribution in [2.75, 3.05) is 0 Å². The maximum atomic E-state index is 2.43. The molecule has 1 rings (SSSR count). The van der Waals surface area contributed by atoms with Crippen LogP contribution in [0.3, 0.4) is 0 Å². The van der Waals surface area contributed by atoms with E-state index in [-0.39, 0.29) is 0 Å². The van der Waals surface area contributed by atoms with E-state index in [1.807, 2.05) is 20.8 Å². The molecule has 0 heteroatoms. The molecule has 1 aliphatic carbocycles. The maximum Gasteiger partial charge on any atom is -0.0116 e. The van der Waals surface area contributed by atoms with E-state index in [0.29, 0.717) is 5.41 Å². The molecule has 1 atom stereocenters. The lowest BCUT2D eigenvalue weighted by atomic mass is 9.75. The van der Waals surface area contributed by atoms with Crippen LogP contribution < -0.4 is 0 Å². The van der Waals surface area contributed by atoms with Crippen molar-refractivity contribution >= 4 is 0 Å². The summed E-state index contributed by atoms with van der Waals surface area (Å²) in [6, 6.07) is 0. The standard InChI is InChI=1S/C12H22.C5H10.C3H8.C2H6/c1-5-6-7-11-9-8-10(2)12(11,3)4;1-3-5-4-2;1-3-2;1-2/h8,11H,5-7,9H2,1-4H3;3,5H,4H2,1-2H3;3H2,1-2H3;1-2H3/b;5-3-;;. The van der Waals surface area contributed by atoms with Gasteiger partial charge in [-0.25, -0.2) is 0 Å². The van der Waals surface area contributed by atoms with Crippen molar-refractivity contribution in [2.45, 2.75) is 108 Å². The van der Waals surface area contributed by atoms with E-state index < -0.39 is 0 Å². The topological polar surface area (TPSA) is 0 Å². The minimum atomic E-state index is 0.481. The molecular weight excluding hydrogens is 264 g/mol. The Morgan fingerprint density at radius 1 is 1.14 bits per heavy atom. The summed E-state index contributed by atoms with van der Waals surface area (Å²) in [5.41, 5.74) is 2.08. The van der Waals surface area contributed by atoms with Gasteiger partial charge in [-0.2, -0.15) is 0 Å². The van der Waals surface area contributed by atoms with Gasteiger partial charge in [-0.05, 0) is 44.4 Å². The zero-order chi connectivity index (χ0) is 18.0. The molecule has 0 aromatic carbocycles. The van der Waals surface area contributed by atoms with Gasteiger partial charge in [0.15, 0.2) is 0 Å². The summed E-state index contributed by atoms with van der Waals surface area (Å²) in [5.74, 6) is 0.914. The molecular formula is C22H46. The average molecular weight is 311 g/mol. The highest BCUT2D eigenvalue weighted by Gasteiger charge is 2.33. The Labute approximate surface area is 143 Å². The van der Waals surface area contributed by atoms with E-state index in [2.05, 4.69) is 66.7 Å². The van der Waals surface area contributed by atoms with Gasteiger partial charge in [-0.15, -0.1) is 0 Å². The monoisotopic (exact) mass is 310 g/mol. The highest BCUT2D eigenvalue weighted by atomic mass is 14.4. The number of hydrogen-bond donors (Lipinski definition) is 0. The fourth-order valence-corrected chi connectivity index (χ4v) is 2.36. The number of rotatable bonds is 4. The first kappa shape index (κ1) is 26.4. The van der Waals surface area contributed by atoms with Crippen LogP contribution in [0.4, 0.5) is 0 Å². The molecule has 0 spiro atoms. The summed E-state index contributed by atoms with van der Waals surface area (Å²) in [6.45, 7) is 21.8. The molecule has 0 saturated carbocycles. The molecule has 0 aromatic heterocycles. The van der Waals surface area contributed by atoms with E-state index in [4.69, 9.17) is 0 Å². The SMILES string of the molecule is C/C=C\CC.CC.CCC.CCCCC1CC=C(C)C1(C)C. The van der Waals surface area contributed by atoms with Gasteiger partial charge in [0, 0.05) is 0 Å². The lowest BCUT2D eigenvalue weighted by molar-refractivity contribution is 0.269. The lowest BCUT2D eigenvalue weighted by Gasteiger charge is -2.29. The van der Waals surface area contributed by atoms with Gasteiger partial charge in [0.25, 0.3) is 0 Å². The maximum absolute atomic E-state index is 2.43. The van der Waals surface area contributed by atoms with Crippen LogP contribution in [0.15, 0.2) is 23.8 Å². The van der Waals surface area contributed by atoms with Crippen LogP contribution in [-0.2, 0) is 0 Å². The Kier molecular flexibility index (Phi) is 22.2. The van der Waals surface area contributed by atoms with Gasteiger partial charge >= 0.3 is 0 Å². The van der Waals surface area contributed by atoms with Crippen LogP contribution in [0.5, 0.6) is 0 Å². The summed E-state index contributed by atoms with van der Waals surface area (Å²) in [7, 11) is 0. The van der Waals surface area contributed by atoms with E-state index in [1.54, 1.807) is 5.57 Å². The molecule has 1 aliphatic rings. The molecule has 0 amide bonds. The number of hydrogen-bond acceptors (Lipinski definition) is 0. The Hall–Kier alpha value is -0.520. The quantitative estimate of drug-likeness (QED) is 0.456. The minimum Gasteiger partial charge on any atom is -0.0917 e. The van der Waals surface area contributed by atoms with Crippen molar-refractivity contribution in [3.05, 3.63) is 23.8 Å². The lowest BCUT2D eigenvalue weighted by Crippen LogP contribution is -2.20. The molecule has 0 aromatic rings. The van der Waals surface area contributed by atoms with Crippen molar-refractivity contribution in [1.82, 2.24) is 0 Å². The molecule has 0 bridgehead atoms. The van der Waals surface area contributed by atoms with E-state index in [9.17, 15) is 0 Å². The van der Waals surface area contributed by atoms with Crippen molar-refractivity contribution in [3.63, 3.8) is 0 Å². The molecule has 0 aliphatic heterocycles. The van der Waals surface area contributed by atoms with E-state index in [0.717, 1.165) is 12.3 Å². The summed E-state index contributed by atoms with van der Waals surface area (Å²) >= 11 is 0. The van der Waals surface area contributed by atoms with Crippen molar-refractivity contribution in [3.8, 4) is 0 Å². The largest absolute Gasteiger partial charge is 0.0917 e. The predicted octanol–water partition coefficient (Wildman–Crippen LogP) is 8.58. The van der Waals surface area contributed by atoms with Gasteiger partial charge in [-0.3, -0.25) is 0 Å². The van der Waals surface area contributed by atoms with E-state index in [1.165, 1.54) is 32.1 Å². The summed E-state index contributed by atoms with van der Waals surface area (Å²) in [5, 5.41) is 0. The fraction of sp³-hybridized carbons (Fsp3) is 0.818. The predicted molar refractivity (Wildman–Crippen MR) is 108 cm³/mol. The van der Waals surface area contributed by atoms with Crippen LogP contribution in [-0.4, -0.2) is 0 Å². The summed E-state index contributed by atoms with van der Waals surface area (Å²) < 4.78 is 0. The first-order valence-corrected chi connectivity index (χ1v) is 9.70. The molecule has 0 heterocycles. The summed E-state index contributed by atoms with van der Waals surface area (Å²) in [4.78, 5) is 0. The summed E-state index contributed by atoms with van der Waals surface area (Å²) in [6.07, 6.45) is 14.5. The Balaban J connectivity index is -0.000000302. The first-order valence-electron chi connectivity index (χ1n) is 9.70. The minimum absolute atomic E-state index is 0.481. The Morgan fingerprint density at radius 3 is 1.86 bits per heavy atom. The Bertz CT molecular complexity index is 255. The molecule has 0 saturated heterocycles. The second-order valence-corrected chi connectivity index (χ2v) is 6.37. The second-order valence-electron chi connectivity index (χ2n) is 6.37. The third-order valence-corrected chi connectivity index (χ3v) is 4.12. The van der Waals surface area contributed by atoms with Crippen molar-refractivity contribution < 1.29 is 0 Å². The normalized spacial score (nSPS) is 18.3. The number of allylic oxidation sites excluding steroid dienone is 4. The molecule has 0 nitrogen and oxygen atoms in total. The van der Waals surface area contributed by atoms with Gasteiger partial charge in [0.05, 0.1) is 0 Å². The zero-order valence-electron chi connectivity index (χ0n) is 17.6. The average Bonchev–Trinajstić information content (AvgIpc) is 2.75. The van der Waals surface area contributed by atoms with Gasteiger partial charge in [0.1, 0.15) is 0 Å². The molecule has 22 heavy (non-hydrogen) atoms. The highest BCUT2D eigenvalue weighted by Crippen LogP contribution is 2.45. The fourth-order valence-electron chi connectivity index (χ4n) is 2.36. The molecule has 0 fully saturated rings. The van der Waals surface area contributed by atoms with Crippen LogP contribution in [0.25, 0.3) is 0 Å². The van der Waals surface area contributed by atoms with Crippen molar-refractivity contribution in [1.29, 1.82) is 0 Å². The molecule has 1 unspecified atom stereocenters. The van der Waals surface area contributed by atoms with Crippen LogP contribution >= 0.6 is 0 Å². The van der Waals surface area contributed by atoms with Gasteiger partial charge < -0.3 is 0 Å². The first-order chi connectivity index (χ1) is 10.4.